The van der Waals surface area contributed by atoms with Crippen molar-refractivity contribution in [1.29, 1.82) is 0 Å². The Morgan fingerprint density at radius 2 is 2.08 bits per heavy atom. The molecule has 1 N–H and O–H groups in total. The second-order valence-corrected chi connectivity index (χ2v) is 7.24. The van der Waals surface area contributed by atoms with Crippen molar-refractivity contribution in [3.63, 3.8) is 0 Å². The third-order valence-corrected chi connectivity index (χ3v) is 4.89. The molecule has 0 aliphatic rings. The van der Waals surface area contributed by atoms with Crippen molar-refractivity contribution >= 4 is 22.2 Å². The molecule has 126 valence electrons. The van der Waals surface area contributed by atoms with Crippen LogP contribution in [0.15, 0.2) is 41.9 Å². The van der Waals surface area contributed by atoms with Crippen molar-refractivity contribution in [2.24, 2.45) is 5.92 Å². The first-order valence-corrected chi connectivity index (χ1v) is 9.29. The van der Waals surface area contributed by atoms with Crippen LogP contribution in [0.2, 0.25) is 0 Å². The van der Waals surface area contributed by atoms with Gasteiger partial charge in [-0.25, -0.2) is 4.98 Å². The third kappa shape index (κ3) is 4.03. The van der Waals surface area contributed by atoms with E-state index in [0.29, 0.717) is 12.3 Å². The van der Waals surface area contributed by atoms with E-state index in [4.69, 9.17) is 0 Å². The zero-order valence-corrected chi connectivity index (χ0v) is 15.0. The minimum Gasteiger partial charge on any atom is -0.356 e. The first kappa shape index (κ1) is 16.7. The minimum absolute atomic E-state index is 0.124. The fourth-order valence-corrected chi connectivity index (χ4v) is 3.49. The van der Waals surface area contributed by atoms with Crippen molar-refractivity contribution < 1.29 is 4.79 Å². The monoisotopic (exact) mass is 341 g/mol. The van der Waals surface area contributed by atoms with E-state index in [-0.39, 0.29) is 5.91 Å². The van der Waals surface area contributed by atoms with E-state index < -0.39 is 0 Å². The number of imidazole rings is 1. The number of rotatable bonds is 7. The van der Waals surface area contributed by atoms with Gasteiger partial charge in [0.2, 0.25) is 5.91 Å². The molecule has 0 saturated heterocycles. The molecular formula is C19H23N3OS. The maximum Gasteiger partial charge on any atom is 0.220 e. The number of aryl methyl sites for hydroxylation is 1. The lowest BCUT2D eigenvalue weighted by molar-refractivity contribution is -0.121. The highest BCUT2D eigenvalue weighted by atomic mass is 32.1. The Balaban J connectivity index is 1.63. The van der Waals surface area contributed by atoms with Crippen LogP contribution in [0.1, 0.15) is 32.4 Å². The summed E-state index contributed by atoms with van der Waals surface area (Å²) < 4.78 is 2.11. The molecule has 5 heteroatoms. The number of nitrogens with one attached hydrogen (secondary N) is 1. The topological polar surface area (TPSA) is 46.4 Å². The van der Waals surface area contributed by atoms with Crippen molar-refractivity contribution in [3.05, 3.63) is 47.6 Å². The molecule has 3 rings (SSSR count). The highest BCUT2D eigenvalue weighted by Crippen LogP contribution is 2.24. The molecule has 24 heavy (non-hydrogen) atoms. The molecule has 4 nitrogen and oxygen atoms in total. The number of aromatic nitrogens is 2. The summed E-state index contributed by atoms with van der Waals surface area (Å²) in [6.45, 7) is 5.09. The van der Waals surface area contributed by atoms with E-state index in [1.54, 1.807) is 11.3 Å². The molecular weight excluding hydrogens is 318 g/mol. The number of nitrogens with zero attached hydrogens (tertiary/aromatic N) is 2. The molecule has 0 unspecified atom stereocenters. The maximum absolute atomic E-state index is 11.9. The van der Waals surface area contributed by atoms with Gasteiger partial charge in [-0.2, -0.15) is 0 Å². The highest BCUT2D eigenvalue weighted by molar-refractivity contribution is 7.15. The summed E-state index contributed by atoms with van der Waals surface area (Å²) in [5.74, 6) is 0.738. The van der Waals surface area contributed by atoms with Gasteiger partial charge in [0.05, 0.1) is 5.69 Å². The minimum atomic E-state index is 0.124. The van der Waals surface area contributed by atoms with Gasteiger partial charge in [0.1, 0.15) is 0 Å². The van der Waals surface area contributed by atoms with Gasteiger partial charge in [-0.15, -0.1) is 11.3 Å². The Morgan fingerprint density at radius 1 is 1.29 bits per heavy atom. The fraction of sp³-hybridized carbons (Fsp3) is 0.368. The van der Waals surface area contributed by atoms with Crippen LogP contribution >= 0.6 is 11.3 Å². The van der Waals surface area contributed by atoms with E-state index in [2.05, 4.69) is 52.3 Å². The lowest BCUT2D eigenvalue weighted by atomic mass is 10.1. The number of hydrogen-bond donors (Lipinski definition) is 1. The number of amides is 1. The van der Waals surface area contributed by atoms with Crippen LogP contribution in [0.25, 0.3) is 16.2 Å². The molecule has 0 spiro atoms. The first-order chi connectivity index (χ1) is 11.6. The van der Waals surface area contributed by atoms with Crippen LogP contribution in [-0.4, -0.2) is 21.8 Å². The van der Waals surface area contributed by atoms with E-state index in [1.807, 2.05) is 18.2 Å². The fourth-order valence-electron chi connectivity index (χ4n) is 2.59. The number of fused-ring (bicyclic) bond motifs is 1. The molecule has 1 amide bonds. The normalized spacial score (nSPS) is 11.3. The van der Waals surface area contributed by atoms with E-state index in [1.165, 1.54) is 0 Å². The summed E-state index contributed by atoms with van der Waals surface area (Å²) in [5.41, 5.74) is 3.24. The number of hydrogen-bond acceptors (Lipinski definition) is 3. The van der Waals surface area contributed by atoms with Crippen LogP contribution in [0, 0.1) is 5.92 Å². The predicted molar refractivity (Wildman–Crippen MR) is 99.3 cm³/mol. The summed E-state index contributed by atoms with van der Waals surface area (Å²) in [5, 5.41) is 5.09. The van der Waals surface area contributed by atoms with Gasteiger partial charge in [-0.3, -0.25) is 9.20 Å². The standard InChI is InChI=1S/C19H23N3OS/c1-14(2)10-11-20-18(23)9-8-16-13-24-19-21-17(12-22(16)19)15-6-4-3-5-7-15/h3-7,12-14H,8-11H2,1-2H3,(H,20,23). The SMILES string of the molecule is CC(C)CCNC(=O)CCc1csc2nc(-c3ccccc3)cn12. The van der Waals surface area contributed by atoms with Gasteiger partial charge in [0.25, 0.3) is 0 Å². The smallest absolute Gasteiger partial charge is 0.220 e. The molecule has 0 radical (unpaired) electrons. The summed E-state index contributed by atoms with van der Waals surface area (Å²) >= 11 is 1.62. The van der Waals surface area contributed by atoms with Crippen molar-refractivity contribution in [1.82, 2.24) is 14.7 Å². The lowest BCUT2D eigenvalue weighted by Crippen LogP contribution is -2.25. The number of thiazole rings is 1. The van der Waals surface area contributed by atoms with Crippen LogP contribution in [0.4, 0.5) is 0 Å². The van der Waals surface area contributed by atoms with E-state index in [0.717, 1.165) is 41.3 Å². The molecule has 0 aliphatic heterocycles. The van der Waals surface area contributed by atoms with Gasteiger partial charge in [-0.1, -0.05) is 44.2 Å². The molecule has 0 bridgehead atoms. The number of carbonyl (C=O) groups excluding carboxylic acids is 1. The Bertz CT molecular complexity index is 805. The lowest BCUT2D eigenvalue weighted by Gasteiger charge is -2.06. The first-order valence-electron chi connectivity index (χ1n) is 8.41. The summed E-state index contributed by atoms with van der Waals surface area (Å²) in [7, 11) is 0. The highest BCUT2D eigenvalue weighted by Gasteiger charge is 2.11. The summed E-state index contributed by atoms with van der Waals surface area (Å²) in [6, 6.07) is 10.2. The van der Waals surface area contributed by atoms with Crippen LogP contribution in [-0.2, 0) is 11.2 Å². The zero-order chi connectivity index (χ0) is 16.9. The second-order valence-electron chi connectivity index (χ2n) is 6.40. The van der Waals surface area contributed by atoms with Gasteiger partial charge < -0.3 is 5.32 Å². The van der Waals surface area contributed by atoms with Gasteiger partial charge in [-0.05, 0) is 18.8 Å². The molecule has 0 atom stereocenters. The molecule has 0 aliphatic carbocycles. The second kappa shape index (κ2) is 7.62. The van der Waals surface area contributed by atoms with Crippen LogP contribution in [0.5, 0.6) is 0 Å². The Labute approximate surface area is 146 Å². The molecule has 3 aromatic rings. The maximum atomic E-state index is 11.9. The number of benzene rings is 1. The van der Waals surface area contributed by atoms with E-state index in [9.17, 15) is 4.79 Å². The molecule has 2 aromatic heterocycles. The predicted octanol–water partition coefficient (Wildman–Crippen LogP) is 4.16. The summed E-state index contributed by atoms with van der Waals surface area (Å²) in [4.78, 5) is 17.6. The van der Waals surface area contributed by atoms with Crippen LogP contribution in [0.3, 0.4) is 0 Å². The van der Waals surface area contributed by atoms with Crippen LogP contribution < -0.4 is 5.32 Å². The zero-order valence-electron chi connectivity index (χ0n) is 14.2. The third-order valence-electron chi connectivity index (χ3n) is 4.00. The number of carbonyl (C=O) groups is 1. The Kier molecular flexibility index (Phi) is 5.30. The van der Waals surface area contributed by atoms with Gasteiger partial charge in [0, 0.05) is 35.8 Å². The van der Waals surface area contributed by atoms with Gasteiger partial charge >= 0.3 is 0 Å². The average molecular weight is 341 g/mol. The van der Waals surface area contributed by atoms with Crippen molar-refractivity contribution in [2.75, 3.05) is 6.54 Å². The van der Waals surface area contributed by atoms with Gasteiger partial charge in [0.15, 0.2) is 4.96 Å². The van der Waals surface area contributed by atoms with Crippen molar-refractivity contribution in [3.8, 4) is 11.3 Å². The Hall–Kier alpha value is -2.14. The summed E-state index contributed by atoms with van der Waals surface area (Å²) in [6.07, 6.45) is 4.34. The van der Waals surface area contributed by atoms with E-state index >= 15 is 0 Å². The molecule has 0 saturated carbocycles. The largest absolute Gasteiger partial charge is 0.356 e. The van der Waals surface area contributed by atoms with Crippen molar-refractivity contribution in [2.45, 2.75) is 33.1 Å². The Morgan fingerprint density at radius 3 is 2.83 bits per heavy atom. The molecule has 1 aromatic carbocycles. The average Bonchev–Trinajstić information content (AvgIpc) is 3.14. The molecule has 2 heterocycles. The molecule has 0 fully saturated rings. The quantitative estimate of drug-likeness (QED) is 0.701.